The SMILES string of the molecule is CN1CCN(C(=O)c2cn(-c3ccccc3)nc2-c2cccnc2)Cc2ccccc21. The van der Waals surface area contributed by atoms with Gasteiger partial charge in [0.1, 0.15) is 5.69 Å². The Morgan fingerprint density at radius 3 is 2.55 bits per heavy atom. The lowest BCUT2D eigenvalue weighted by molar-refractivity contribution is 0.0752. The Bertz CT molecular complexity index is 1200. The minimum Gasteiger partial charge on any atom is -0.373 e. The lowest BCUT2D eigenvalue weighted by atomic mass is 10.1. The maximum Gasteiger partial charge on any atom is 0.258 e. The van der Waals surface area contributed by atoms with Crippen molar-refractivity contribution in [3.8, 4) is 16.9 Å². The van der Waals surface area contributed by atoms with E-state index in [1.54, 1.807) is 17.1 Å². The molecular formula is C25H23N5O. The predicted octanol–water partition coefficient (Wildman–Crippen LogP) is 4.03. The zero-order valence-electron chi connectivity index (χ0n) is 17.3. The normalized spacial score (nSPS) is 13.6. The van der Waals surface area contributed by atoms with Crippen LogP contribution in [-0.4, -0.2) is 45.7 Å². The fourth-order valence-corrected chi connectivity index (χ4v) is 4.00. The molecule has 0 aliphatic carbocycles. The molecule has 31 heavy (non-hydrogen) atoms. The van der Waals surface area contributed by atoms with E-state index in [4.69, 9.17) is 5.10 Å². The molecule has 4 aromatic rings. The Morgan fingerprint density at radius 2 is 1.74 bits per heavy atom. The minimum atomic E-state index is -0.0221. The molecule has 0 fully saturated rings. The van der Waals surface area contributed by atoms with E-state index in [2.05, 4.69) is 29.1 Å². The van der Waals surface area contributed by atoms with E-state index in [1.807, 2.05) is 65.7 Å². The number of pyridine rings is 1. The van der Waals surface area contributed by atoms with Crippen LogP contribution in [0.5, 0.6) is 0 Å². The van der Waals surface area contributed by atoms with E-state index in [1.165, 1.54) is 5.69 Å². The molecule has 6 nitrogen and oxygen atoms in total. The third kappa shape index (κ3) is 3.68. The van der Waals surface area contributed by atoms with Gasteiger partial charge in [0, 0.05) is 56.5 Å². The molecule has 0 saturated carbocycles. The Hall–Kier alpha value is -3.93. The van der Waals surface area contributed by atoms with E-state index in [-0.39, 0.29) is 5.91 Å². The van der Waals surface area contributed by atoms with E-state index in [9.17, 15) is 4.79 Å². The first-order chi connectivity index (χ1) is 15.2. The maximum absolute atomic E-state index is 13.7. The fraction of sp³-hybridized carbons (Fsp3) is 0.160. The standard InChI is InChI=1S/C25H23N5O/c1-28-14-15-29(17-20-8-5-6-12-23(20)28)25(31)22-18-30(21-10-3-2-4-11-21)27-24(22)19-9-7-13-26-16-19/h2-13,16,18H,14-15,17H2,1H3. The van der Waals surface area contributed by atoms with Gasteiger partial charge in [-0.05, 0) is 35.9 Å². The van der Waals surface area contributed by atoms with Gasteiger partial charge in [-0.2, -0.15) is 5.10 Å². The molecule has 2 aromatic heterocycles. The average Bonchev–Trinajstić information content (AvgIpc) is 3.20. The van der Waals surface area contributed by atoms with E-state index in [0.29, 0.717) is 24.3 Å². The second-order valence-corrected chi connectivity index (χ2v) is 7.69. The van der Waals surface area contributed by atoms with Gasteiger partial charge in [-0.3, -0.25) is 9.78 Å². The number of carbonyl (C=O) groups is 1. The number of anilines is 1. The molecule has 0 N–H and O–H groups in total. The topological polar surface area (TPSA) is 54.3 Å². The number of nitrogens with zero attached hydrogens (tertiary/aromatic N) is 5. The van der Waals surface area contributed by atoms with Crippen LogP contribution in [0.25, 0.3) is 16.9 Å². The molecule has 2 aromatic carbocycles. The summed E-state index contributed by atoms with van der Waals surface area (Å²) in [6, 6.07) is 21.9. The van der Waals surface area contributed by atoms with Crippen molar-refractivity contribution in [2.24, 2.45) is 0 Å². The van der Waals surface area contributed by atoms with Crippen LogP contribution in [0.4, 0.5) is 5.69 Å². The number of aromatic nitrogens is 3. The number of rotatable bonds is 3. The molecule has 0 bridgehead atoms. The third-order valence-corrected chi connectivity index (χ3v) is 5.66. The van der Waals surface area contributed by atoms with Crippen molar-refractivity contribution < 1.29 is 4.79 Å². The lowest BCUT2D eigenvalue weighted by Crippen LogP contribution is -2.34. The van der Waals surface area contributed by atoms with Crippen LogP contribution in [0.2, 0.25) is 0 Å². The number of hydrogen-bond donors (Lipinski definition) is 0. The van der Waals surface area contributed by atoms with Crippen molar-refractivity contribution in [1.82, 2.24) is 19.7 Å². The van der Waals surface area contributed by atoms with Crippen LogP contribution in [0, 0.1) is 0 Å². The molecule has 0 saturated heterocycles. The summed E-state index contributed by atoms with van der Waals surface area (Å²) in [6.07, 6.45) is 5.31. The second kappa shape index (κ2) is 8.07. The second-order valence-electron chi connectivity index (χ2n) is 7.69. The van der Waals surface area contributed by atoms with Crippen LogP contribution in [-0.2, 0) is 6.54 Å². The van der Waals surface area contributed by atoms with E-state index < -0.39 is 0 Å². The van der Waals surface area contributed by atoms with Gasteiger partial charge >= 0.3 is 0 Å². The summed E-state index contributed by atoms with van der Waals surface area (Å²) in [4.78, 5) is 22.1. The van der Waals surface area contributed by atoms with Crippen molar-refractivity contribution >= 4 is 11.6 Å². The van der Waals surface area contributed by atoms with Gasteiger partial charge in [0.05, 0.1) is 11.3 Å². The quantitative estimate of drug-likeness (QED) is 0.513. The molecule has 154 valence electrons. The summed E-state index contributed by atoms with van der Waals surface area (Å²) in [5.41, 5.74) is 5.28. The van der Waals surface area contributed by atoms with Crippen molar-refractivity contribution in [3.05, 3.63) is 96.4 Å². The van der Waals surface area contributed by atoms with E-state index >= 15 is 0 Å². The van der Waals surface area contributed by atoms with Gasteiger partial charge in [0.25, 0.3) is 5.91 Å². The highest BCUT2D eigenvalue weighted by Gasteiger charge is 2.26. The molecule has 0 unspecified atom stereocenters. The summed E-state index contributed by atoms with van der Waals surface area (Å²) in [7, 11) is 2.07. The van der Waals surface area contributed by atoms with Gasteiger partial charge in [-0.1, -0.05) is 36.4 Å². The van der Waals surface area contributed by atoms with Crippen LogP contribution < -0.4 is 4.90 Å². The molecular weight excluding hydrogens is 386 g/mol. The van der Waals surface area contributed by atoms with Crippen molar-refractivity contribution in [2.75, 3.05) is 25.0 Å². The van der Waals surface area contributed by atoms with Gasteiger partial charge in [0.15, 0.2) is 0 Å². The summed E-state index contributed by atoms with van der Waals surface area (Å²) < 4.78 is 1.77. The molecule has 0 radical (unpaired) electrons. The highest BCUT2D eigenvalue weighted by atomic mass is 16.2. The monoisotopic (exact) mass is 409 g/mol. The van der Waals surface area contributed by atoms with Crippen LogP contribution >= 0.6 is 0 Å². The summed E-state index contributed by atoms with van der Waals surface area (Å²) in [6.45, 7) is 1.99. The number of amides is 1. The number of hydrogen-bond acceptors (Lipinski definition) is 4. The molecule has 5 rings (SSSR count). The maximum atomic E-state index is 13.7. The van der Waals surface area contributed by atoms with E-state index in [0.717, 1.165) is 23.4 Å². The van der Waals surface area contributed by atoms with Crippen molar-refractivity contribution in [3.63, 3.8) is 0 Å². The van der Waals surface area contributed by atoms with Crippen molar-refractivity contribution in [2.45, 2.75) is 6.54 Å². The van der Waals surface area contributed by atoms with Gasteiger partial charge in [0.2, 0.25) is 0 Å². The Balaban J connectivity index is 1.56. The number of benzene rings is 2. The molecule has 1 aliphatic rings. The smallest absolute Gasteiger partial charge is 0.258 e. The largest absolute Gasteiger partial charge is 0.373 e. The highest BCUT2D eigenvalue weighted by Crippen LogP contribution is 2.28. The van der Waals surface area contributed by atoms with Gasteiger partial charge in [-0.25, -0.2) is 4.68 Å². The number of fused-ring (bicyclic) bond motifs is 1. The molecule has 1 aliphatic heterocycles. The van der Waals surface area contributed by atoms with Crippen LogP contribution in [0.3, 0.4) is 0 Å². The predicted molar refractivity (Wildman–Crippen MR) is 121 cm³/mol. The average molecular weight is 409 g/mol. The first kappa shape index (κ1) is 19.1. The Labute approximate surface area is 181 Å². The zero-order valence-corrected chi connectivity index (χ0v) is 17.3. The Morgan fingerprint density at radius 1 is 0.935 bits per heavy atom. The van der Waals surface area contributed by atoms with Gasteiger partial charge < -0.3 is 9.80 Å². The molecule has 1 amide bonds. The number of likely N-dealkylation sites (N-methyl/N-ethyl adjacent to an activating group) is 1. The lowest BCUT2D eigenvalue weighted by Gasteiger charge is -2.21. The minimum absolute atomic E-state index is 0.0221. The summed E-state index contributed by atoms with van der Waals surface area (Å²) in [5, 5.41) is 4.77. The first-order valence-electron chi connectivity index (χ1n) is 10.3. The molecule has 3 heterocycles. The van der Waals surface area contributed by atoms with Crippen LogP contribution in [0.1, 0.15) is 15.9 Å². The highest BCUT2D eigenvalue weighted by molar-refractivity contribution is 6.00. The van der Waals surface area contributed by atoms with Crippen LogP contribution in [0.15, 0.2) is 85.3 Å². The summed E-state index contributed by atoms with van der Waals surface area (Å²) >= 11 is 0. The Kier molecular flexibility index (Phi) is 4.96. The number of para-hydroxylation sites is 2. The third-order valence-electron chi connectivity index (χ3n) is 5.66. The fourth-order valence-electron chi connectivity index (χ4n) is 4.00. The van der Waals surface area contributed by atoms with Gasteiger partial charge in [-0.15, -0.1) is 0 Å². The van der Waals surface area contributed by atoms with Crippen molar-refractivity contribution in [1.29, 1.82) is 0 Å². The molecule has 6 heteroatoms. The summed E-state index contributed by atoms with van der Waals surface area (Å²) in [5.74, 6) is -0.0221. The zero-order chi connectivity index (χ0) is 21.2. The number of carbonyl (C=O) groups excluding carboxylic acids is 1. The first-order valence-corrected chi connectivity index (χ1v) is 10.3. The molecule has 0 atom stereocenters. The molecule has 0 spiro atoms.